The fourth-order valence-electron chi connectivity index (χ4n) is 3.61. The summed E-state index contributed by atoms with van der Waals surface area (Å²) in [5, 5.41) is 5.30. The minimum Gasteiger partial charge on any atom is -0.371 e. The average Bonchev–Trinajstić information content (AvgIpc) is 3.41. The zero-order valence-corrected chi connectivity index (χ0v) is 14.9. The summed E-state index contributed by atoms with van der Waals surface area (Å²) in [6, 6.07) is 3.65. The molecule has 0 aliphatic carbocycles. The Bertz CT molecular complexity index is 1200. The van der Waals surface area contributed by atoms with Gasteiger partial charge in [-0.3, -0.25) is 4.79 Å². The van der Waals surface area contributed by atoms with E-state index >= 15 is 0 Å². The summed E-state index contributed by atoms with van der Waals surface area (Å²) in [4.78, 5) is 25.4. The summed E-state index contributed by atoms with van der Waals surface area (Å²) < 4.78 is 0. The van der Waals surface area contributed by atoms with Crippen LogP contribution in [0.1, 0.15) is 13.3 Å². The highest BCUT2D eigenvalue weighted by Crippen LogP contribution is 2.24. The Balaban J connectivity index is 1.69. The molecule has 4 aliphatic rings. The van der Waals surface area contributed by atoms with Crippen LogP contribution in [-0.4, -0.2) is 28.2 Å². The van der Waals surface area contributed by atoms with Gasteiger partial charge >= 0.3 is 0 Å². The van der Waals surface area contributed by atoms with Gasteiger partial charge in [-0.1, -0.05) is 6.92 Å². The maximum absolute atomic E-state index is 12.8. The number of H-pyrrole nitrogens is 1. The lowest BCUT2D eigenvalue weighted by atomic mass is 10.0. The van der Waals surface area contributed by atoms with Gasteiger partial charge in [0.05, 0.1) is 22.8 Å². The fourth-order valence-corrected chi connectivity index (χ4v) is 3.61. The van der Waals surface area contributed by atoms with Crippen LogP contribution in [0.2, 0.25) is 0 Å². The van der Waals surface area contributed by atoms with E-state index in [2.05, 4.69) is 20.3 Å². The molecule has 5 nitrogen and oxygen atoms in total. The minimum absolute atomic E-state index is 0.105. The molecule has 5 heteroatoms. The number of nitrogens with zero attached hydrogens (tertiary/aromatic N) is 2. The first-order valence-corrected chi connectivity index (χ1v) is 9.07. The van der Waals surface area contributed by atoms with Crippen molar-refractivity contribution in [1.82, 2.24) is 10.3 Å². The van der Waals surface area contributed by atoms with Crippen LogP contribution in [-0.2, 0) is 4.79 Å². The molecule has 0 aromatic carbocycles. The Kier molecular flexibility index (Phi) is 3.53. The van der Waals surface area contributed by atoms with Gasteiger partial charge in [-0.15, -0.1) is 0 Å². The van der Waals surface area contributed by atoms with Gasteiger partial charge in [0, 0.05) is 22.0 Å². The number of hydrogen-bond donors (Lipinski definition) is 2. The molecule has 1 aromatic heterocycles. The third kappa shape index (κ3) is 2.87. The van der Waals surface area contributed by atoms with Gasteiger partial charge in [-0.2, -0.15) is 0 Å². The topological polar surface area (TPSA) is 69.6 Å². The van der Waals surface area contributed by atoms with Crippen LogP contribution in [0.15, 0.2) is 81.2 Å². The van der Waals surface area contributed by atoms with E-state index in [4.69, 9.17) is 0 Å². The van der Waals surface area contributed by atoms with Crippen LogP contribution in [0.5, 0.6) is 0 Å². The lowest BCUT2D eigenvalue weighted by molar-refractivity contribution is -0.115. The van der Waals surface area contributed by atoms with Crippen LogP contribution in [0, 0.1) is 0 Å². The van der Waals surface area contributed by atoms with Crippen LogP contribution in [0.25, 0.3) is 12.2 Å². The number of aliphatic imine (C=N–C) groups is 2. The van der Waals surface area contributed by atoms with E-state index in [0.717, 1.165) is 44.8 Å². The second kappa shape index (κ2) is 6.06. The molecular formula is C22H18N4O. The van der Waals surface area contributed by atoms with Crippen LogP contribution in [0.3, 0.4) is 0 Å². The highest BCUT2D eigenvalue weighted by molar-refractivity contribution is 6.20. The van der Waals surface area contributed by atoms with Crippen LogP contribution >= 0.6 is 0 Å². The Morgan fingerprint density at radius 2 is 1.59 bits per heavy atom. The molecule has 0 radical (unpaired) electrons. The molecular weight excluding hydrogens is 336 g/mol. The second-order valence-corrected chi connectivity index (χ2v) is 6.79. The normalized spacial score (nSPS) is 22.7. The highest BCUT2D eigenvalue weighted by Gasteiger charge is 2.29. The molecule has 132 valence electrons. The van der Waals surface area contributed by atoms with Gasteiger partial charge in [0.1, 0.15) is 6.04 Å². The molecule has 1 atom stereocenters. The Hall–Kier alpha value is -3.47. The zero-order valence-electron chi connectivity index (χ0n) is 14.9. The molecule has 1 aromatic rings. The van der Waals surface area contributed by atoms with Gasteiger partial charge in [0.2, 0.25) is 0 Å². The molecule has 0 spiro atoms. The second-order valence-electron chi connectivity index (χ2n) is 6.79. The summed E-state index contributed by atoms with van der Waals surface area (Å²) in [6.45, 7) is 2.00. The molecule has 0 saturated heterocycles. The predicted octanol–water partition coefficient (Wildman–Crippen LogP) is 1.58. The third-order valence-electron chi connectivity index (χ3n) is 4.90. The van der Waals surface area contributed by atoms with Gasteiger partial charge in [-0.25, -0.2) is 9.98 Å². The van der Waals surface area contributed by atoms with E-state index in [-0.39, 0.29) is 11.8 Å². The average molecular weight is 354 g/mol. The SMILES string of the molecule is CCC1=C2C=C3C=CC(=N3)C=c3ccc([nH]3)=CC3=NC(=CC(N2)C1=O)C=C3. The number of nitrogens with one attached hydrogen (secondary N) is 2. The summed E-state index contributed by atoms with van der Waals surface area (Å²) in [5.74, 6) is 0.105. The number of ketones is 1. The highest BCUT2D eigenvalue weighted by atomic mass is 16.1. The zero-order chi connectivity index (χ0) is 18.4. The molecule has 2 N–H and O–H groups in total. The first-order valence-electron chi connectivity index (χ1n) is 9.07. The number of rotatable bonds is 1. The van der Waals surface area contributed by atoms with Crippen molar-refractivity contribution in [1.29, 1.82) is 0 Å². The van der Waals surface area contributed by atoms with E-state index in [9.17, 15) is 4.79 Å². The van der Waals surface area contributed by atoms with Crippen LogP contribution < -0.4 is 16.0 Å². The number of carbonyl (C=O) groups is 1. The van der Waals surface area contributed by atoms with Crippen molar-refractivity contribution in [3.05, 3.63) is 82.0 Å². The fraction of sp³-hybridized carbons (Fsp3) is 0.136. The molecule has 4 aliphatic heterocycles. The maximum Gasteiger partial charge on any atom is 0.187 e. The Labute approximate surface area is 156 Å². The van der Waals surface area contributed by atoms with Crippen molar-refractivity contribution in [2.75, 3.05) is 0 Å². The number of hydrogen-bond acceptors (Lipinski definition) is 4. The number of fused-ring (bicyclic) bond motifs is 6. The summed E-state index contributed by atoms with van der Waals surface area (Å²) >= 11 is 0. The van der Waals surface area contributed by atoms with Crippen LogP contribution in [0.4, 0.5) is 0 Å². The van der Waals surface area contributed by atoms with E-state index in [1.54, 1.807) is 0 Å². The molecule has 5 rings (SSSR count). The Morgan fingerprint density at radius 3 is 2.30 bits per heavy atom. The minimum atomic E-state index is -0.389. The number of carbonyl (C=O) groups excluding carboxylic acids is 1. The summed E-state index contributed by atoms with van der Waals surface area (Å²) in [6.07, 6.45) is 16.4. The lowest BCUT2D eigenvalue weighted by Crippen LogP contribution is -2.26. The van der Waals surface area contributed by atoms with Gasteiger partial charge in [0.15, 0.2) is 5.78 Å². The summed E-state index contributed by atoms with van der Waals surface area (Å²) in [7, 11) is 0. The first kappa shape index (κ1) is 15.8. The van der Waals surface area contributed by atoms with E-state index in [1.165, 1.54) is 0 Å². The third-order valence-corrected chi connectivity index (χ3v) is 4.90. The lowest BCUT2D eigenvalue weighted by Gasteiger charge is -2.06. The standard InChI is InChI=1S/C22H18N4O/c1-2-19-20-11-17-7-5-15(24-17)9-13-3-4-14(23-13)10-16-6-8-18(25-16)12-21(26-20)22(19)27/h3-12,21,23,26H,2H2,1H3. The summed E-state index contributed by atoms with van der Waals surface area (Å²) in [5.41, 5.74) is 5.02. The first-order chi connectivity index (χ1) is 13.2. The molecule has 27 heavy (non-hydrogen) atoms. The molecule has 5 heterocycles. The van der Waals surface area contributed by atoms with Crippen molar-refractivity contribution in [2.45, 2.75) is 19.4 Å². The van der Waals surface area contributed by atoms with Gasteiger partial charge < -0.3 is 10.3 Å². The number of aromatic amines is 1. The van der Waals surface area contributed by atoms with Crippen molar-refractivity contribution in [2.24, 2.45) is 9.98 Å². The Morgan fingerprint density at radius 1 is 0.926 bits per heavy atom. The van der Waals surface area contributed by atoms with E-state index in [1.807, 2.05) is 67.7 Å². The maximum atomic E-state index is 12.8. The molecule has 0 amide bonds. The van der Waals surface area contributed by atoms with Gasteiger partial charge in [0.25, 0.3) is 0 Å². The smallest absolute Gasteiger partial charge is 0.187 e. The van der Waals surface area contributed by atoms with Crippen molar-refractivity contribution in [3.63, 3.8) is 0 Å². The molecule has 0 saturated carbocycles. The monoisotopic (exact) mass is 354 g/mol. The number of Topliss-reactive ketones (excluding diaryl/α,β-unsaturated/α-hetero) is 1. The molecule has 0 fully saturated rings. The van der Waals surface area contributed by atoms with Crippen molar-refractivity contribution >= 4 is 29.4 Å². The van der Waals surface area contributed by atoms with E-state index in [0.29, 0.717) is 6.42 Å². The van der Waals surface area contributed by atoms with Crippen molar-refractivity contribution in [3.8, 4) is 0 Å². The predicted molar refractivity (Wildman–Crippen MR) is 108 cm³/mol. The molecule has 1 unspecified atom stereocenters. The van der Waals surface area contributed by atoms with E-state index < -0.39 is 0 Å². The van der Waals surface area contributed by atoms with Gasteiger partial charge in [-0.05, 0) is 67.2 Å². The molecule has 8 bridgehead atoms. The quantitative estimate of drug-likeness (QED) is 0.804. The van der Waals surface area contributed by atoms with Crippen molar-refractivity contribution < 1.29 is 4.79 Å². The number of aromatic nitrogens is 1. The number of allylic oxidation sites excluding steroid dienone is 5. The largest absolute Gasteiger partial charge is 0.371 e.